The Labute approximate surface area is 241 Å². The molecule has 2 aromatic carbocycles. The fourth-order valence-electron chi connectivity index (χ4n) is 4.06. The van der Waals surface area contributed by atoms with Crippen molar-refractivity contribution in [3.8, 4) is 17.0 Å². The number of hydrogen-bond donors (Lipinski definition) is 2. The average Bonchev–Trinajstić information content (AvgIpc) is 2.92. The van der Waals surface area contributed by atoms with E-state index in [1.54, 1.807) is 25.1 Å². The molecule has 216 valence electrons. The van der Waals surface area contributed by atoms with Crippen molar-refractivity contribution in [1.29, 1.82) is 0 Å². The van der Waals surface area contributed by atoms with Gasteiger partial charge in [0.15, 0.2) is 0 Å². The Morgan fingerprint density at radius 2 is 1.85 bits per heavy atom. The number of pyridine rings is 1. The maximum Gasteiger partial charge on any atom is 0.263 e. The summed E-state index contributed by atoms with van der Waals surface area (Å²) in [6.07, 6.45) is 2.89. The van der Waals surface area contributed by atoms with Gasteiger partial charge in [-0.3, -0.25) is 18.9 Å². The minimum absolute atomic E-state index is 0.00917. The normalized spacial score (nSPS) is 12.4. The molecule has 2 heterocycles. The number of nitrogens with one attached hydrogen (secondary N) is 2. The maximum absolute atomic E-state index is 13.5. The Kier molecular flexibility index (Phi) is 8.93. The van der Waals surface area contributed by atoms with Gasteiger partial charge in [0.25, 0.3) is 15.6 Å². The number of ether oxygens (including phenoxy) is 1. The largest absolute Gasteiger partial charge is 0.480 e. The molecule has 0 radical (unpaired) electrons. The fourth-order valence-corrected chi connectivity index (χ4v) is 5.64. The van der Waals surface area contributed by atoms with Crippen molar-refractivity contribution in [2.45, 2.75) is 32.2 Å². The summed E-state index contributed by atoms with van der Waals surface area (Å²) < 4.78 is 48.6. The highest BCUT2D eigenvalue weighted by atomic mass is 35.5. The van der Waals surface area contributed by atoms with Crippen LogP contribution in [0.2, 0.25) is 5.02 Å². The van der Waals surface area contributed by atoms with E-state index >= 15 is 0 Å². The molecular weight excluding hydrogens is 573 g/mol. The number of sulfonamides is 1. The van der Waals surface area contributed by atoms with Gasteiger partial charge in [0.2, 0.25) is 11.8 Å². The summed E-state index contributed by atoms with van der Waals surface area (Å²) in [6.45, 7) is 6.43. The molecule has 0 saturated heterocycles. The molecule has 2 N–H and O–H groups in total. The Morgan fingerprint density at radius 3 is 2.54 bits per heavy atom. The number of anilines is 1. The smallest absolute Gasteiger partial charge is 0.263 e. The highest BCUT2D eigenvalue weighted by Gasteiger charge is 2.22. The molecule has 1 unspecified atom stereocenters. The number of halogens is 2. The zero-order valence-electron chi connectivity index (χ0n) is 22.8. The molecule has 4 rings (SSSR count). The van der Waals surface area contributed by atoms with Gasteiger partial charge in [-0.25, -0.2) is 22.8 Å². The van der Waals surface area contributed by atoms with Crippen molar-refractivity contribution < 1.29 is 22.3 Å². The Hall–Kier alpha value is -4.03. The van der Waals surface area contributed by atoms with E-state index in [1.807, 2.05) is 13.8 Å². The van der Waals surface area contributed by atoms with E-state index in [1.165, 1.54) is 30.3 Å². The third-order valence-electron chi connectivity index (χ3n) is 6.23. The van der Waals surface area contributed by atoms with Crippen LogP contribution in [0.5, 0.6) is 5.88 Å². The second-order valence-electron chi connectivity index (χ2n) is 9.94. The molecule has 1 amide bonds. The van der Waals surface area contributed by atoms with E-state index in [-0.39, 0.29) is 39.5 Å². The summed E-state index contributed by atoms with van der Waals surface area (Å²) in [5.41, 5.74) is 1.18. The van der Waals surface area contributed by atoms with Gasteiger partial charge in [-0.1, -0.05) is 38.4 Å². The summed E-state index contributed by atoms with van der Waals surface area (Å²) in [7, 11) is -2.90. The first kappa shape index (κ1) is 29.9. The number of rotatable bonds is 10. The highest BCUT2D eigenvalue weighted by molar-refractivity contribution is 7.92. The standard InChI is InChI=1S/C28H29ClFN5O5S/c1-16(2)12-31-26(36)17(3)14-35-15-33-23-7-5-18(9-21(23)28(35)37)19-10-24(27(40-4)32-13-19)34-41(38,39)25-8-6-20(30)11-22(25)29/h5-11,13,15-17,34H,12,14H2,1-4H3,(H,31,36). The molecule has 2 aromatic heterocycles. The zero-order chi connectivity index (χ0) is 29.9. The number of carbonyl (C=O) groups excluding carboxylic acids is 1. The van der Waals surface area contributed by atoms with Crippen LogP contribution >= 0.6 is 11.6 Å². The van der Waals surface area contributed by atoms with Gasteiger partial charge >= 0.3 is 0 Å². The molecule has 0 saturated carbocycles. The summed E-state index contributed by atoms with van der Waals surface area (Å²) in [6, 6.07) is 9.46. The average molecular weight is 602 g/mol. The first-order valence-corrected chi connectivity index (χ1v) is 14.5. The number of benzene rings is 2. The van der Waals surface area contributed by atoms with E-state index in [0.29, 0.717) is 34.5 Å². The quantitative estimate of drug-likeness (QED) is 0.274. The molecule has 0 bridgehead atoms. The van der Waals surface area contributed by atoms with Crippen LogP contribution in [-0.2, 0) is 21.4 Å². The van der Waals surface area contributed by atoms with Crippen LogP contribution in [0.25, 0.3) is 22.0 Å². The molecule has 13 heteroatoms. The van der Waals surface area contributed by atoms with Crippen molar-refractivity contribution in [2.24, 2.45) is 11.8 Å². The number of nitrogens with zero attached hydrogens (tertiary/aromatic N) is 3. The minimum Gasteiger partial charge on any atom is -0.480 e. The van der Waals surface area contributed by atoms with Crippen LogP contribution in [0.3, 0.4) is 0 Å². The van der Waals surface area contributed by atoms with Gasteiger partial charge in [-0.15, -0.1) is 0 Å². The van der Waals surface area contributed by atoms with Crippen molar-refractivity contribution in [2.75, 3.05) is 18.4 Å². The summed E-state index contributed by atoms with van der Waals surface area (Å²) >= 11 is 5.98. The van der Waals surface area contributed by atoms with Gasteiger partial charge in [0.1, 0.15) is 16.4 Å². The zero-order valence-corrected chi connectivity index (χ0v) is 24.4. The third-order valence-corrected chi connectivity index (χ3v) is 8.08. The molecule has 4 aromatic rings. The van der Waals surface area contributed by atoms with Gasteiger partial charge in [0.05, 0.1) is 35.3 Å². The van der Waals surface area contributed by atoms with Crippen LogP contribution < -0.4 is 20.3 Å². The van der Waals surface area contributed by atoms with Crippen LogP contribution in [0.1, 0.15) is 20.8 Å². The number of fused-ring (bicyclic) bond motifs is 1. The van der Waals surface area contributed by atoms with Gasteiger partial charge in [-0.05, 0) is 47.9 Å². The number of hydrogen-bond acceptors (Lipinski definition) is 7. The Bertz CT molecular complexity index is 1780. The van der Waals surface area contributed by atoms with E-state index in [0.717, 1.165) is 18.2 Å². The van der Waals surface area contributed by atoms with Gasteiger partial charge in [0, 0.05) is 24.8 Å². The summed E-state index contributed by atoms with van der Waals surface area (Å²) in [5, 5.41) is 2.90. The maximum atomic E-state index is 13.5. The first-order valence-electron chi connectivity index (χ1n) is 12.7. The summed E-state index contributed by atoms with van der Waals surface area (Å²) in [4.78, 5) is 34.0. The molecule has 0 aliphatic rings. The summed E-state index contributed by atoms with van der Waals surface area (Å²) in [5.74, 6) is -0.988. The molecule has 10 nitrogen and oxygen atoms in total. The lowest BCUT2D eigenvalue weighted by Gasteiger charge is -2.15. The number of amides is 1. The molecule has 0 aliphatic carbocycles. The molecule has 41 heavy (non-hydrogen) atoms. The lowest BCUT2D eigenvalue weighted by Crippen LogP contribution is -2.35. The van der Waals surface area contributed by atoms with E-state index in [4.69, 9.17) is 16.3 Å². The van der Waals surface area contributed by atoms with Crippen LogP contribution in [-0.4, -0.2) is 42.5 Å². The Morgan fingerprint density at radius 1 is 1.10 bits per heavy atom. The Balaban J connectivity index is 1.67. The van der Waals surface area contributed by atoms with Crippen LogP contribution in [0.15, 0.2) is 64.7 Å². The monoisotopic (exact) mass is 601 g/mol. The molecule has 0 fully saturated rings. The molecule has 1 atom stereocenters. The van der Waals surface area contributed by atoms with Crippen LogP contribution in [0, 0.1) is 17.7 Å². The second-order valence-corrected chi connectivity index (χ2v) is 12.0. The first-order chi connectivity index (χ1) is 19.4. The van der Waals surface area contributed by atoms with Gasteiger partial charge in [-0.2, -0.15) is 0 Å². The SMILES string of the molecule is COc1ncc(-c2ccc3ncn(CC(C)C(=O)NCC(C)C)c(=O)c3c2)cc1NS(=O)(=O)c1ccc(F)cc1Cl. The van der Waals surface area contributed by atoms with E-state index < -0.39 is 21.8 Å². The fraction of sp³-hybridized carbons (Fsp3) is 0.286. The molecule has 0 spiro atoms. The number of aromatic nitrogens is 3. The topological polar surface area (TPSA) is 132 Å². The number of carbonyl (C=O) groups is 1. The molecular formula is C28H29ClFN5O5S. The number of methoxy groups -OCH3 is 1. The van der Waals surface area contributed by atoms with E-state index in [9.17, 15) is 22.4 Å². The van der Waals surface area contributed by atoms with Crippen molar-refractivity contribution in [3.63, 3.8) is 0 Å². The third kappa shape index (κ3) is 6.83. The van der Waals surface area contributed by atoms with Crippen molar-refractivity contribution in [3.05, 3.63) is 76.2 Å². The van der Waals surface area contributed by atoms with Crippen molar-refractivity contribution in [1.82, 2.24) is 19.9 Å². The highest BCUT2D eigenvalue weighted by Crippen LogP contribution is 2.32. The lowest BCUT2D eigenvalue weighted by molar-refractivity contribution is -0.125. The van der Waals surface area contributed by atoms with E-state index in [2.05, 4.69) is 20.0 Å². The van der Waals surface area contributed by atoms with Crippen LogP contribution in [0.4, 0.5) is 10.1 Å². The molecule has 0 aliphatic heterocycles. The lowest BCUT2D eigenvalue weighted by atomic mass is 10.0. The predicted molar refractivity (Wildman–Crippen MR) is 155 cm³/mol. The minimum atomic E-state index is -4.23. The predicted octanol–water partition coefficient (Wildman–Crippen LogP) is 4.47. The second kappa shape index (κ2) is 12.2. The van der Waals surface area contributed by atoms with Gasteiger partial charge < -0.3 is 10.1 Å². The van der Waals surface area contributed by atoms with Crippen molar-refractivity contribution >= 4 is 44.1 Å².